The van der Waals surface area contributed by atoms with Gasteiger partial charge in [-0.05, 0) is 61.0 Å². The van der Waals surface area contributed by atoms with Crippen molar-refractivity contribution in [3.8, 4) is 11.5 Å². The lowest BCUT2D eigenvalue weighted by atomic mass is 10.2. The lowest BCUT2D eigenvalue weighted by Crippen LogP contribution is -2.22. The molecule has 1 heterocycles. The van der Waals surface area contributed by atoms with Crippen LogP contribution in [-0.2, 0) is 6.42 Å². The molecule has 0 fully saturated rings. The molecular formula is C26H21Cl2N3O4. The molecule has 0 radical (unpaired) electrons. The number of hydrogen-bond donors (Lipinski definition) is 0. The van der Waals surface area contributed by atoms with E-state index >= 15 is 0 Å². The van der Waals surface area contributed by atoms with Crippen LogP contribution in [0.3, 0.4) is 0 Å². The Bertz CT molecular complexity index is 1500. The van der Waals surface area contributed by atoms with Gasteiger partial charge in [0.25, 0.3) is 5.56 Å². The summed E-state index contributed by atoms with van der Waals surface area (Å²) >= 11 is 12.0. The van der Waals surface area contributed by atoms with E-state index in [1.165, 1.54) is 23.0 Å². The maximum atomic E-state index is 13.0. The van der Waals surface area contributed by atoms with Gasteiger partial charge in [0.1, 0.15) is 5.82 Å². The maximum Gasteiger partial charge on any atom is 0.345 e. The first kappa shape index (κ1) is 24.4. The van der Waals surface area contributed by atoms with Crippen molar-refractivity contribution in [2.45, 2.75) is 20.3 Å². The Hall–Kier alpha value is -3.68. The highest BCUT2D eigenvalue weighted by molar-refractivity contribution is 6.36. The molecule has 0 unspecified atom stereocenters. The van der Waals surface area contributed by atoms with Crippen molar-refractivity contribution in [3.63, 3.8) is 0 Å². The number of halogens is 2. The minimum atomic E-state index is -0.643. The van der Waals surface area contributed by atoms with Crippen molar-refractivity contribution >= 4 is 46.3 Å². The van der Waals surface area contributed by atoms with Crippen molar-refractivity contribution in [2.75, 3.05) is 6.61 Å². The van der Waals surface area contributed by atoms with E-state index in [1.54, 1.807) is 42.5 Å². The third-order valence-electron chi connectivity index (χ3n) is 5.08. The van der Waals surface area contributed by atoms with Gasteiger partial charge in [0.05, 0.1) is 34.3 Å². The number of aromatic nitrogens is 2. The van der Waals surface area contributed by atoms with Gasteiger partial charge in [-0.15, -0.1) is 0 Å². The number of ether oxygens (including phenoxy) is 2. The second-order valence-electron chi connectivity index (χ2n) is 7.41. The topological polar surface area (TPSA) is 82.8 Å². The molecule has 0 aliphatic heterocycles. The lowest BCUT2D eigenvalue weighted by molar-refractivity contribution is 0.0728. The number of nitrogens with zero attached hydrogens (tertiary/aromatic N) is 3. The third kappa shape index (κ3) is 5.37. The monoisotopic (exact) mass is 509 g/mol. The van der Waals surface area contributed by atoms with Gasteiger partial charge < -0.3 is 9.47 Å². The molecule has 0 amide bonds. The fourth-order valence-electron chi connectivity index (χ4n) is 3.41. The standard InChI is InChI=1S/C26H21Cl2N3O4/c1-3-24-30-21-8-6-5-7-19(21)25(32)31(24)29-15-16-9-12-22(23(13-16)34-4-2)35-26(33)18-11-10-17(27)14-20(18)28/h5-15H,3-4H2,1-2H3. The summed E-state index contributed by atoms with van der Waals surface area (Å²) in [7, 11) is 0. The normalized spacial score (nSPS) is 11.2. The average molecular weight is 510 g/mol. The molecule has 35 heavy (non-hydrogen) atoms. The number of benzene rings is 3. The van der Waals surface area contributed by atoms with Crippen molar-refractivity contribution in [1.82, 2.24) is 9.66 Å². The van der Waals surface area contributed by atoms with Crippen LogP contribution in [0.2, 0.25) is 10.0 Å². The predicted octanol–water partition coefficient (Wildman–Crippen LogP) is 5.77. The van der Waals surface area contributed by atoms with E-state index in [9.17, 15) is 9.59 Å². The van der Waals surface area contributed by atoms with E-state index in [0.29, 0.717) is 46.1 Å². The molecule has 0 saturated carbocycles. The van der Waals surface area contributed by atoms with Gasteiger partial charge in [-0.2, -0.15) is 9.78 Å². The van der Waals surface area contributed by atoms with Crippen LogP contribution in [-0.4, -0.2) is 28.5 Å². The molecule has 0 atom stereocenters. The first-order chi connectivity index (χ1) is 16.9. The number of carbonyl (C=O) groups excluding carboxylic acids is 1. The maximum absolute atomic E-state index is 13.0. The molecule has 7 nitrogen and oxygen atoms in total. The van der Waals surface area contributed by atoms with Gasteiger partial charge in [-0.25, -0.2) is 9.78 Å². The molecule has 0 N–H and O–H groups in total. The Morgan fingerprint density at radius 1 is 1.06 bits per heavy atom. The van der Waals surface area contributed by atoms with Crippen LogP contribution in [0.1, 0.15) is 35.6 Å². The molecule has 178 valence electrons. The van der Waals surface area contributed by atoms with E-state index in [2.05, 4.69) is 10.1 Å². The summed E-state index contributed by atoms with van der Waals surface area (Å²) in [5.41, 5.74) is 1.20. The largest absolute Gasteiger partial charge is 0.490 e. The molecule has 0 aliphatic rings. The van der Waals surface area contributed by atoms with E-state index < -0.39 is 5.97 Å². The molecular weight excluding hydrogens is 489 g/mol. The molecule has 0 spiro atoms. The fraction of sp³-hybridized carbons (Fsp3) is 0.154. The van der Waals surface area contributed by atoms with Crippen LogP contribution in [0.4, 0.5) is 0 Å². The van der Waals surface area contributed by atoms with E-state index in [4.69, 9.17) is 32.7 Å². The van der Waals surface area contributed by atoms with E-state index in [0.717, 1.165) is 0 Å². The predicted molar refractivity (Wildman–Crippen MR) is 137 cm³/mol. The Morgan fingerprint density at radius 3 is 2.60 bits per heavy atom. The second kappa shape index (κ2) is 10.7. The van der Waals surface area contributed by atoms with Gasteiger partial charge >= 0.3 is 5.97 Å². The Balaban J connectivity index is 1.65. The summed E-state index contributed by atoms with van der Waals surface area (Å²) in [6, 6.07) is 16.6. The summed E-state index contributed by atoms with van der Waals surface area (Å²) in [6.45, 7) is 4.07. The first-order valence-corrected chi connectivity index (χ1v) is 11.7. The first-order valence-electron chi connectivity index (χ1n) is 10.9. The number of fused-ring (bicyclic) bond motifs is 1. The van der Waals surface area contributed by atoms with Crippen LogP contribution in [0.15, 0.2) is 70.6 Å². The molecule has 4 rings (SSSR count). The van der Waals surface area contributed by atoms with E-state index in [-0.39, 0.29) is 21.9 Å². The fourth-order valence-corrected chi connectivity index (χ4v) is 3.90. The van der Waals surface area contributed by atoms with Crippen molar-refractivity contribution in [1.29, 1.82) is 0 Å². The minimum absolute atomic E-state index is 0.180. The highest BCUT2D eigenvalue weighted by Crippen LogP contribution is 2.30. The minimum Gasteiger partial charge on any atom is -0.490 e. The van der Waals surface area contributed by atoms with Gasteiger partial charge in [-0.1, -0.05) is 42.3 Å². The smallest absolute Gasteiger partial charge is 0.345 e. The Morgan fingerprint density at radius 2 is 1.86 bits per heavy atom. The van der Waals surface area contributed by atoms with Crippen LogP contribution in [0.5, 0.6) is 11.5 Å². The Kier molecular flexibility index (Phi) is 7.48. The number of carbonyl (C=O) groups is 1. The third-order valence-corrected chi connectivity index (χ3v) is 5.63. The molecule has 4 aromatic rings. The summed E-state index contributed by atoms with van der Waals surface area (Å²) in [5, 5.41) is 5.47. The van der Waals surface area contributed by atoms with Crippen LogP contribution >= 0.6 is 23.2 Å². The van der Waals surface area contributed by atoms with Gasteiger partial charge in [0.2, 0.25) is 0 Å². The highest BCUT2D eigenvalue weighted by Gasteiger charge is 2.16. The summed E-state index contributed by atoms with van der Waals surface area (Å²) in [6.07, 6.45) is 2.06. The van der Waals surface area contributed by atoms with Crippen molar-refractivity contribution < 1.29 is 14.3 Å². The van der Waals surface area contributed by atoms with Gasteiger partial charge in [0, 0.05) is 11.4 Å². The van der Waals surface area contributed by atoms with E-state index in [1.807, 2.05) is 19.9 Å². The lowest BCUT2D eigenvalue weighted by Gasteiger charge is -2.12. The van der Waals surface area contributed by atoms with Crippen LogP contribution in [0.25, 0.3) is 10.9 Å². The molecule has 9 heteroatoms. The number of esters is 1. The molecule has 0 bridgehead atoms. The number of para-hydroxylation sites is 1. The highest BCUT2D eigenvalue weighted by atomic mass is 35.5. The van der Waals surface area contributed by atoms with Crippen LogP contribution < -0.4 is 15.0 Å². The summed E-state index contributed by atoms with van der Waals surface area (Å²) in [4.78, 5) is 30.2. The number of hydrogen-bond acceptors (Lipinski definition) is 6. The zero-order valence-electron chi connectivity index (χ0n) is 19.0. The second-order valence-corrected chi connectivity index (χ2v) is 8.26. The van der Waals surface area contributed by atoms with Gasteiger partial charge in [-0.3, -0.25) is 4.79 Å². The quantitative estimate of drug-likeness (QED) is 0.179. The average Bonchev–Trinajstić information content (AvgIpc) is 2.84. The molecule has 3 aromatic carbocycles. The van der Waals surface area contributed by atoms with Crippen molar-refractivity contribution in [2.24, 2.45) is 5.10 Å². The summed E-state index contributed by atoms with van der Waals surface area (Å²) < 4.78 is 12.5. The zero-order chi connectivity index (χ0) is 24.9. The zero-order valence-corrected chi connectivity index (χ0v) is 20.5. The number of aryl methyl sites for hydroxylation is 1. The number of rotatable bonds is 7. The SMILES string of the molecule is CCOc1cc(C=Nn2c(CC)nc3ccccc3c2=O)ccc1OC(=O)c1ccc(Cl)cc1Cl. The molecule has 0 aliphatic carbocycles. The molecule has 1 aromatic heterocycles. The van der Waals surface area contributed by atoms with Gasteiger partial charge in [0.15, 0.2) is 11.5 Å². The Labute approximate surface area is 211 Å². The van der Waals surface area contributed by atoms with Crippen LogP contribution in [0, 0.1) is 0 Å². The van der Waals surface area contributed by atoms with Crippen molar-refractivity contribution in [3.05, 3.63) is 98.0 Å². The molecule has 0 saturated heterocycles. The summed E-state index contributed by atoms with van der Waals surface area (Å²) in [5.74, 6) is 0.462.